The summed E-state index contributed by atoms with van der Waals surface area (Å²) in [4.78, 5) is 4.25. The Morgan fingerprint density at radius 1 is 1.29 bits per heavy atom. The number of nitrogens with two attached hydrogens (primary N) is 1. The fraction of sp³-hybridized carbons (Fsp3) is 0.0667. The number of nitrogens with zero attached hydrogens (tertiary/aromatic N) is 3. The number of benzene rings is 2. The molecular formula is C15H11FN4O. The van der Waals surface area contributed by atoms with Gasteiger partial charge in [-0.2, -0.15) is 5.26 Å². The maximum Gasteiger partial charge on any atom is 0.205 e. The van der Waals surface area contributed by atoms with Crippen LogP contribution in [0.2, 0.25) is 0 Å². The molecule has 104 valence electrons. The summed E-state index contributed by atoms with van der Waals surface area (Å²) < 4.78 is 20.3. The molecule has 0 saturated carbocycles. The highest BCUT2D eigenvalue weighted by molar-refractivity contribution is 5.82. The molecule has 0 unspecified atom stereocenters. The van der Waals surface area contributed by atoms with Crippen LogP contribution in [0.25, 0.3) is 16.7 Å². The Labute approximate surface area is 120 Å². The number of nitrogen functional groups attached to an aromatic ring is 1. The van der Waals surface area contributed by atoms with Gasteiger partial charge in [-0.05, 0) is 30.3 Å². The van der Waals surface area contributed by atoms with Crippen molar-refractivity contribution in [2.75, 3.05) is 12.8 Å². The Bertz CT molecular complexity index is 879. The van der Waals surface area contributed by atoms with E-state index in [0.717, 1.165) is 5.52 Å². The molecule has 0 amide bonds. The van der Waals surface area contributed by atoms with Gasteiger partial charge in [0.05, 0.1) is 29.4 Å². The second-order valence-corrected chi connectivity index (χ2v) is 4.44. The van der Waals surface area contributed by atoms with Crippen molar-refractivity contribution in [1.82, 2.24) is 9.55 Å². The molecule has 0 atom stereocenters. The summed E-state index contributed by atoms with van der Waals surface area (Å²) in [5.41, 5.74) is 7.88. The van der Waals surface area contributed by atoms with Gasteiger partial charge in [-0.15, -0.1) is 0 Å². The lowest BCUT2D eigenvalue weighted by Crippen LogP contribution is -2.01. The molecule has 3 rings (SSSR count). The van der Waals surface area contributed by atoms with Crippen molar-refractivity contribution in [1.29, 1.82) is 5.26 Å². The summed E-state index contributed by atoms with van der Waals surface area (Å²) in [6.07, 6.45) is 0. The highest BCUT2D eigenvalue weighted by Gasteiger charge is 2.12. The van der Waals surface area contributed by atoms with Crippen molar-refractivity contribution >= 4 is 17.0 Å². The number of imidazole rings is 1. The smallest absolute Gasteiger partial charge is 0.205 e. The second-order valence-electron chi connectivity index (χ2n) is 4.44. The Morgan fingerprint density at radius 2 is 2.10 bits per heavy atom. The average molecular weight is 282 g/mol. The van der Waals surface area contributed by atoms with Crippen LogP contribution in [0.4, 0.5) is 10.3 Å². The number of aromatic nitrogens is 2. The minimum atomic E-state index is -0.568. The van der Waals surface area contributed by atoms with Crippen LogP contribution >= 0.6 is 0 Å². The Morgan fingerprint density at radius 3 is 2.81 bits per heavy atom. The van der Waals surface area contributed by atoms with E-state index in [2.05, 4.69) is 4.98 Å². The molecule has 3 aromatic rings. The molecule has 1 aromatic heterocycles. The van der Waals surface area contributed by atoms with Gasteiger partial charge in [-0.3, -0.25) is 4.57 Å². The maximum atomic E-state index is 13.4. The van der Waals surface area contributed by atoms with E-state index in [9.17, 15) is 4.39 Å². The lowest BCUT2D eigenvalue weighted by atomic mass is 10.2. The van der Waals surface area contributed by atoms with Crippen molar-refractivity contribution < 1.29 is 9.13 Å². The Kier molecular flexibility index (Phi) is 2.95. The topological polar surface area (TPSA) is 76.9 Å². The first-order chi connectivity index (χ1) is 10.1. The van der Waals surface area contributed by atoms with E-state index < -0.39 is 5.82 Å². The van der Waals surface area contributed by atoms with Crippen molar-refractivity contribution in [2.24, 2.45) is 0 Å². The normalized spacial score (nSPS) is 10.5. The Balaban J connectivity index is 2.29. The first kappa shape index (κ1) is 12.9. The Hall–Kier alpha value is -3.07. The van der Waals surface area contributed by atoms with E-state index in [1.54, 1.807) is 35.9 Å². The third-order valence-corrected chi connectivity index (χ3v) is 3.22. The lowest BCUT2D eigenvalue weighted by molar-refractivity contribution is 0.415. The number of ether oxygens (including phenoxy) is 1. The van der Waals surface area contributed by atoms with Gasteiger partial charge in [-0.25, -0.2) is 9.37 Å². The van der Waals surface area contributed by atoms with Crippen LogP contribution in [0.15, 0.2) is 36.4 Å². The number of anilines is 1. The summed E-state index contributed by atoms with van der Waals surface area (Å²) in [5, 5.41) is 8.94. The third-order valence-electron chi connectivity index (χ3n) is 3.22. The highest BCUT2D eigenvalue weighted by Crippen LogP contribution is 2.27. The molecule has 0 aliphatic rings. The van der Waals surface area contributed by atoms with Crippen LogP contribution in [0.3, 0.4) is 0 Å². The van der Waals surface area contributed by atoms with Crippen molar-refractivity contribution in [2.45, 2.75) is 0 Å². The first-order valence-corrected chi connectivity index (χ1v) is 6.16. The van der Waals surface area contributed by atoms with E-state index in [4.69, 9.17) is 15.7 Å². The summed E-state index contributed by atoms with van der Waals surface area (Å²) in [7, 11) is 1.57. The molecule has 1 heterocycles. The summed E-state index contributed by atoms with van der Waals surface area (Å²) >= 11 is 0. The van der Waals surface area contributed by atoms with Gasteiger partial charge in [0.15, 0.2) is 0 Å². The minimum Gasteiger partial charge on any atom is -0.497 e. The van der Waals surface area contributed by atoms with Crippen molar-refractivity contribution in [3.63, 3.8) is 0 Å². The number of rotatable bonds is 2. The van der Waals surface area contributed by atoms with Gasteiger partial charge >= 0.3 is 0 Å². The number of halogens is 1. The molecule has 21 heavy (non-hydrogen) atoms. The van der Waals surface area contributed by atoms with Crippen LogP contribution in [0.1, 0.15) is 5.56 Å². The predicted octanol–water partition coefficient (Wildman–Crippen LogP) is 2.63. The van der Waals surface area contributed by atoms with Crippen molar-refractivity contribution in [3.8, 4) is 17.5 Å². The molecular weight excluding hydrogens is 271 g/mol. The number of fused-ring (bicyclic) bond motifs is 1. The average Bonchev–Trinajstić information content (AvgIpc) is 2.82. The van der Waals surface area contributed by atoms with E-state index >= 15 is 0 Å². The molecule has 0 bridgehead atoms. The zero-order valence-corrected chi connectivity index (χ0v) is 11.2. The largest absolute Gasteiger partial charge is 0.497 e. The van der Waals surface area contributed by atoms with Gasteiger partial charge in [0.2, 0.25) is 5.95 Å². The molecule has 0 aliphatic heterocycles. The van der Waals surface area contributed by atoms with Gasteiger partial charge in [0, 0.05) is 6.07 Å². The summed E-state index contributed by atoms with van der Waals surface area (Å²) in [5.74, 6) is 0.349. The van der Waals surface area contributed by atoms with Crippen molar-refractivity contribution in [3.05, 3.63) is 47.8 Å². The molecule has 0 saturated heterocycles. The standard InChI is InChI=1S/C15H11FN4O/c1-21-11-3-5-13-14(7-11)20(15(18)19-13)10-2-4-12(16)9(6-10)8-17/h2-7H,1H3,(H2,18,19). The zero-order valence-electron chi connectivity index (χ0n) is 11.2. The van der Waals surface area contributed by atoms with Gasteiger partial charge < -0.3 is 10.5 Å². The maximum absolute atomic E-state index is 13.4. The number of methoxy groups -OCH3 is 1. The van der Waals surface area contributed by atoms with E-state index in [1.807, 2.05) is 6.07 Å². The molecule has 5 nitrogen and oxygen atoms in total. The van der Waals surface area contributed by atoms with Gasteiger partial charge in [0.1, 0.15) is 17.6 Å². The lowest BCUT2D eigenvalue weighted by Gasteiger charge is -2.08. The SMILES string of the molecule is COc1ccc2nc(N)n(-c3ccc(F)c(C#N)c3)c2c1. The summed E-state index contributed by atoms with van der Waals surface area (Å²) in [6, 6.07) is 11.4. The number of nitriles is 1. The zero-order chi connectivity index (χ0) is 15.0. The van der Waals surface area contributed by atoms with Crippen LogP contribution < -0.4 is 10.5 Å². The fourth-order valence-corrected chi connectivity index (χ4v) is 2.21. The van der Waals surface area contributed by atoms with Crippen LogP contribution in [0, 0.1) is 17.1 Å². The van der Waals surface area contributed by atoms with Gasteiger partial charge in [-0.1, -0.05) is 0 Å². The minimum absolute atomic E-state index is 0.0448. The molecule has 2 aromatic carbocycles. The van der Waals surface area contributed by atoms with E-state index in [1.165, 1.54) is 12.1 Å². The van der Waals surface area contributed by atoms with Crippen LogP contribution in [-0.2, 0) is 0 Å². The number of hydrogen-bond acceptors (Lipinski definition) is 4. The third kappa shape index (κ3) is 2.05. The quantitative estimate of drug-likeness (QED) is 0.783. The number of hydrogen-bond donors (Lipinski definition) is 1. The highest BCUT2D eigenvalue weighted by atomic mass is 19.1. The fourth-order valence-electron chi connectivity index (χ4n) is 2.21. The van der Waals surface area contributed by atoms with E-state index in [0.29, 0.717) is 17.0 Å². The van der Waals surface area contributed by atoms with Gasteiger partial charge in [0.25, 0.3) is 0 Å². The molecule has 0 fully saturated rings. The molecule has 6 heteroatoms. The van der Waals surface area contributed by atoms with E-state index in [-0.39, 0.29) is 11.5 Å². The summed E-state index contributed by atoms with van der Waals surface area (Å²) in [6.45, 7) is 0. The van der Waals surface area contributed by atoms with Crippen LogP contribution in [-0.4, -0.2) is 16.7 Å². The molecule has 2 N–H and O–H groups in total. The monoisotopic (exact) mass is 282 g/mol. The predicted molar refractivity (Wildman–Crippen MR) is 76.7 cm³/mol. The van der Waals surface area contributed by atoms with Crippen LogP contribution in [0.5, 0.6) is 5.75 Å². The molecule has 0 aliphatic carbocycles. The first-order valence-electron chi connectivity index (χ1n) is 6.16. The second kappa shape index (κ2) is 4.80. The molecule has 0 radical (unpaired) electrons. The molecule has 0 spiro atoms.